The molecule has 1 aliphatic heterocycles. The van der Waals surface area contributed by atoms with Crippen LogP contribution in [0.4, 0.5) is 0 Å². The van der Waals surface area contributed by atoms with Crippen molar-refractivity contribution < 1.29 is 0 Å². The number of guanidine groups is 1. The number of nitrogens with zero attached hydrogens (tertiary/aromatic N) is 4. The maximum Gasteiger partial charge on any atom is 0.193 e. The first kappa shape index (κ1) is 17.6. The molecule has 2 unspecified atom stereocenters. The molecule has 2 heterocycles. The van der Waals surface area contributed by atoms with Gasteiger partial charge < -0.3 is 14.8 Å². The summed E-state index contributed by atoms with van der Waals surface area (Å²) in [6.45, 7) is 7.82. The molecule has 0 amide bonds. The van der Waals surface area contributed by atoms with E-state index >= 15 is 0 Å². The summed E-state index contributed by atoms with van der Waals surface area (Å²) in [5, 5.41) is 3.57. The summed E-state index contributed by atoms with van der Waals surface area (Å²) < 4.78 is 2.24. The molecule has 1 saturated heterocycles. The number of imidazole rings is 1. The molecule has 6 heteroatoms. The second-order valence-electron chi connectivity index (χ2n) is 7.00. The van der Waals surface area contributed by atoms with Crippen molar-refractivity contribution in [3.8, 4) is 0 Å². The summed E-state index contributed by atoms with van der Waals surface area (Å²) in [5.74, 6) is 1.73. The van der Waals surface area contributed by atoms with Gasteiger partial charge in [-0.1, -0.05) is 13.8 Å². The Labute approximate surface area is 150 Å². The summed E-state index contributed by atoms with van der Waals surface area (Å²) in [4.78, 5) is 11.1. The van der Waals surface area contributed by atoms with Gasteiger partial charge in [-0.25, -0.2) is 4.98 Å². The molecule has 5 nitrogen and oxygen atoms in total. The zero-order valence-electron chi connectivity index (χ0n) is 13.8. The van der Waals surface area contributed by atoms with Crippen molar-refractivity contribution in [1.82, 2.24) is 19.8 Å². The van der Waals surface area contributed by atoms with E-state index in [4.69, 9.17) is 0 Å². The summed E-state index contributed by atoms with van der Waals surface area (Å²) in [7, 11) is 1.89. The zero-order chi connectivity index (χ0) is 14.9. The standard InChI is InChI=1S/C16H27N5.HI/c1-13-4-8-20(10-14(13)21-9-7-18-12-21)15(17-3)19-11-16(2)5-6-16;/h7,9,12-14H,4-6,8,10-11H2,1-3H3,(H,17,19);1H. The number of aliphatic imine (C=N–C) groups is 1. The summed E-state index contributed by atoms with van der Waals surface area (Å²) >= 11 is 0. The van der Waals surface area contributed by atoms with Crippen LogP contribution >= 0.6 is 24.0 Å². The van der Waals surface area contributed by atoms with Gasteiger partial charge >= 0.3 is 0 Å². The van der Waals surface area contributed by atoms with Gasteiger partial charge in [0.25, 0.3) is 0 Å². The van der Waals surface area contributed by atoms with E-state index in [2.05, 4.69) is 44.8 Å². The molecule has 1 aromatic heterocycles. The number of rotatable bonds is 3. The Hall–Kier alpha value is -0.790. The van der Waals surface area contributed by atoms with Crippen LogP contribution < -0.4 is 5.32 Å². The molecule has 1 saturated carbocycles. The van der Waals surface area contributed by atoms with Crippen LogP contribution in [0.2, 0.25) is 0 Å². The Morgan fingerprint density at radius 2 is 2.23 bits per heavy atom. The number of hydrogen-bond acceptors (Lipinski definition) is 2. The lowest BCUT2D eigenvalue weighted by Crippen LogP contribution is -2.49. The first-order valence-electron chi connectivity index (χ1n) is 8.04. The van der Waals surface area contributed by atoms with Gasteiger partial charge in [0.15, 0.2) is 5.96 Å². The zero-order valence-corrected chi connectivity index (χ0v) is 16.2. The minimum absolute atomic E-state index is 0. The summed E-state index contributed by atoms with van der Waals surface area (Å²) in [6, 6.07) is 0.483. The van der Waals surface area contributed by atoms with Crippen LogP contribution in [0.25, 0.3) is 0 Å². The number of hydrogen-bond donors (Lipinski definition) is 1. The molecule has 22 heavy (non-hydrogen) atoms. The van der Waals surface area contributed by atoms with E-state index in [0.717, 1.165) is 25.6 Å². The Kier molecular flexibility index (Phi) is 5.74. The Morgan fingerprint density at radius 3 is 2.82 bits per heavy atom. The Bertz CT molecular complexity index is 495. The van der Waals surface area contributed by atoms with Crippen molar-refractivity contribution in [2.45, 2.75) is 39.2 Å². The van der Waals surface area contributed by atoms with Crippen LogP contribution in [-0.2, 0) is 0 Å². The predicted molar refractivity (Wildman–Crippen MR) is 101 cm³/mol. The summed E-state index contributed by atoms with van der Waals surface area (Å²) in [6.07, 6.45) is 9.75. The molecule has 0 radical (unpaired) electrons. The SMILES string of the molecule is CN=C(NCC1(C)CC1)N1CCC(C)C(n2ccnc2)C1.I. The van der Waals surface area contributed by atoms with E-state index in [1.807, 2.05) is 19.6 Å². The van der Waals surface area contributed by atoms with Crippen molar-refractivity contribution in [2.24, 2.45) is 16.3 Å². The Morgan fingerprint density at radius 1 is 1.45 bits per heavy atom. The third kappa shape index (κ3) is 3.94. The molecular weight excluding hydrogens is 389 g/mol. The van der Waals surface area contributed by atoms with E-state index in [-0.39, 0.29) is 24.0 Å². The lowest BCUT2D eigenvalue weighted by atomic mass is 9.93. The average Bonchev–Trinajstić information content (AvgIpc) is 3.01. The molecule has 1 aliphatic carbocycles. The second kappa shape index (κ2) is 7.19. The lowest BCUT2D eigenvalue weighted by Gasteiger charge is -2.39. The van der Waals surface area contributed by atoms with Gasteiger partial charge in [0.05, 0.1) is 12.4 Å². The first-order chi connectivity index (χ1) is 10.1. The van der Waals surface area contributed by atoms with Crippen molar-refractivity contribution in [2.75, 3.05) is 26.7 Å². The molecule has 124 valence electrons. The first-order valence-corrected chi connectivity index (χ1v) is 8.04. The van der Waals surface area contributed by atoms with Crippen molar-refractivity contribution in [3.05, 3.63) is 18.7 Å². The fourth-order valence-corrected chi connectivity index (χ4v) is 3.11. The van der Waals surface area contributed by atoms with Gasteiger partial charge in [-0.2, -0.15) is 0 Å². The fraction of sp³-hybridized carbons (Fsp3) is 0.750. The molecule has 0 bridgehead atoms. The normalized spacial score (nSPS) is 27.2. The second-order valence-corrected chi connectivity index (χ2v) is 7.00. The van der Waals surface area contributed by atoms with Gasteiger partial charge in [-0.3, -0.25) is 4.99 Å². The summed E-state index contributed by atoms with van der Waals surface area (Å²) in [5.41, 5.74) is 0.503. The quantitative estimate of drug-likeness (QED) is 0.468. The third-order valence-electron chi connectivity index (χ3n) is 5.11. The van der Waals surface area contributed by atoms with Crippen LogP contribution in [-0.4, -0.2) is 47.1 Å². The molecular formula is C16H28IN5. The van der Waals surface area contributed by atoms with Crippen LogP contribution in [0.5, 0.6) is 0 Å². The maximum atomic E-state index is 4.49. The largest absolute Gasteiger partial charge is 0.356 e. The van der Waals surface area contributed by atoms with E-state index in [9.17, 15) is 0 Å². The van der Waals surface area contributed by atoms with Gasteiger partial charge in [0, 0.05) is 39.1 Å². The molecule has 1 N–H and O–H groups in total. The van der Waals surface area contributed by atoms with E-state index in [0.29, 0.717) is 17.4 Å². The van der Waals surface area contributed by atoms with Crippen molar-refractivity contribution in [3.63, 3.8) is 0 Å². The monoisotopic (exact) mass is 417 g/mol. The molecule has 2 atom stereocenters. The number of halogens is 1. The maximum absolute atomic E-state index is 4.49. The van der Waals surface area contributed by atoms with Crippen LogP contribution in [0, 0.1) is 11.3 Å². The highest BCUT2D eigenvalue weighted by Gasteiger charge is 2.37. The van der Waals surface area contributed by atoms with Gasteiger partial charge in [-0.15, -0.1) is 24.0 Å². The predicted octanol–water partition coefficient (Wildman–Crippen LogP) is 2.76. The number of likely N-dealkylation sites (tertiary alicyclic amines) is 1. The fourth-order valence-electron chi connectivity index (χ4n) is 3.11. The third-order valence-corrected chi connectivity index (χ3v) is 5.11. The van der Waals surface area contributed by atoms with Crippen LogP contribution in [0.1, 0.15) is 39.2 Å². The minimum atomic E-state index is 0. The van der Waals surface area contributed by atoms with Crippen LogP contribution in [0.3, 0.4) is 0 Å². The average molecular weight is 417 g/mol. The highest BCUT2D eigenvalue weighted by Crippen LogP contribution is 2.44. The van der Waals surface area contributed by atoms with Crippen LogP contribution in [0.15, 0.2) is 23.7 Å². The molecule has 1 aromatic rings. The van der Waals surface area contributed by atoms with E-state index in [1.165, 1.54) is 19.3 Å². The van der Waals surface area contributed by atoms with E-state index in [1.54, 1.807) is 0 Å². The molecule has 2 aliphatic rings. The van der Waals surface area contributed by atoms with Gasteiger partial charge in [0.2, 0.25) is 0 Å². The smallest absolute Gasteiger partial charge is 0.193 e. The van der Waals surface area contributed by atoms with E-state index < -0.39 is 0 Å². The molecule has 2 fully saturated rings. The molecule has 0 aromatic carbocycles. The highest BCUT2D eigenvalue weighted by molar-refractivity contribution is 14.0. The minimum Gasteiger partial charge on any atom is -0.356 e. The highest BCUT2D eigenvalue weighted by atomic mass is 127. The molecule has 3 rings (SSSR count). The number of nitrogens with one attached hydrogen (secondary N) is 1. The lowest BCUT2D eigenvalue weighted by molar-refractivity contribution is 0.188. The van der Waals surface area contributed by atoms with Crippen molar-refractivity contribution >= 4 is 29.9 Å². The number of aromatic nitrogens is 2. The van der Waals surface area contributed by atoms with Gasteiger partial charge in [-0.05, 0) is 30.6 Å². The number of piperidine rings is 1. The van der Waals surface area contributed by atoms with Gasteiger partial charge in [0.1, 0.15) is 0 Å². The molecule has 0 spiro atoms. The van der Waals surface area contributed by atoms with Crippen molar-refractivity contribution in [1.29, 1.82) is 0 Å². The Balaban J connectivity index is 0.00000176. The topological polar surface area (TPSA) is 45.5 Å².